The number of fused-ring (bicyclic) bond motifs is 1. The molecule has 2 fully saturated rings. The van der Waals surface area contributed by atoms with Crippen LogP contribution < -0.4 is 0 Å². The first-order chi connectivity index (χ1) is 11.0. The van der Waals surface area contributed by atoms with Crippen molar-refractivity contribution in [3.05, 3.63) is 0 Å². The van der Waals surface area contributed by atoms with Crippen LogP contribution in [0.15, 0.2) is 0 Å². The maximum absolute atomic E-state index is 13.8. The highest BCUT2D eigenvalue weighted by molar-refractivity contribution is 7.48. The molecule has 0 aliphatic carbocycles. The fourth-order valence-corrected chi connectivity index (χ4v) is 4.31. The number of rotatable bonds is 4. The van der Waals surface area contributed by atoms with Crippen molar-refractivity contribution >= 4 is 27.8 Å². The summed E-state index contributed by atoms with van der Waals surface area (Å²) in [6, 6.07) is 0. The first-order valence-corrected chi connectivity index (χ1v) is 9.45. The Morgan fingerprint density at radius 2 is 1.17 bits per heavy atom. The summed E-state index contributed by atoms with van der Waals surface area (Å²) >= 11 is 0. The van der Waals surface area contributed by atoms with Gasteiger partial charge in [-0.2, -0.15) is 0 Å². The molecule has 2 aliphatic rings. The van der Waals surface area contributed by atoms with E-state index in [1.54, 1.807) is 0 Å². The summed E-state index contributed by atoms with van der Waals surface area (Å²) < 4.78 is 77.9. The second-order valence-electron chi connectivity index (χ2n) is 4.89. The van der Waals surface area contributed by atoms with Crippen LogP contribution in [0.3, 0.4) is 0 Å². The molecule has 0 spiro atoms. The Balaban J connectivity index is 2.24. The van der Waals surface area contributed by atoms with Gasteiger partial charge in [0.2, 0.25) is 0 Å². The molecule has 0 aromatic heterocycles. The normalized spacial score (nSPS) is 42.0. The Kier molecular flexibility index (Phi) is 5.79. The van der Waals surface area contributed by atoms with E-state index in [2.05, 4.69) is 27.6 Å². The van der Waals surface area contributed by atoms with Crippen molar-refractivity contribution in [2.45, 2.75) is 38.3 Å². The predicted octanol–water partition coefficient (Wildman–Crippen LogP) is 1.84. The lowest BCUT2D eigenvalue weighted by Gasteiger charge is -2.43. The van der Waals surface area contributed by atoms with Gasteiger partial charge in [-0.05, 0) is 0 Å². The van der Waals surface area contributed by atoms with E-state index in [1.807, 2.05) is 0 Å². The van der Waals surface area contributed by atoms with Crippen LogP contribution in [0.5, 0.6) is 0 Å². The van der Waals surface area contributed by atoms with Gasteiger partial charge in [0.05, 0.1) is 0 Å². The monoisotopic (exact) mass is 394 g/mol. The van der Waals surface area contributed by atoms with Crippen LogP contribution in [0.4, 0.5) is 8.39 Å². The minimum absolute atomic E-state index is 0.659. The maximum atomic E-state index is 13.8. The van der Waals surface area contributed by atoms with Crippen molar-refractivity contribution in [3.63, 3.8) is 0 Å². The lowest BCUT2D eigenvalue weighted by atomic mass is 10.0. The molecule has 0 aromatic rings. The van der Waals surface area contributed by atoms with Gasteiger partial charge in [-0.15, -0.1) is 8.39 Å². The zero-order valence-corrected chi connectivity index (χ0v) is 14.2. The molecule has 138 valence electrons. The molecule has 0 aromatic carbocycles. The quantitative estimate of drug-likeness (QED) is 0.515. The average Bonchev–Trinajstić information content (AvgIpc) is 2.41. The molecule has 14 heteroatoms. The van der Waals surface area contributed by atoms with E-state index in [9.17, 15) is 27.1 Å². The molecule has 10 nitrogen and oxygen atoms in total. The number of hydrogen-bond acceptors (Lipinski definition) is 10. The van der Waals surface area contributed by atoms with E-state index in [4.69, 9.17) is 0 Å². The van der Waals surface area contributed by atoms with Crippen molar-refractivity contribution in [1.82, 2.24) is 0 Å². The lowest BCUT2D eigenvalue weighted by molar-refractivity contribution is -0.179. The molecular weight excluding hydrogens is 380 g/mol. The molecule has 0 saturated carbocycles. The fraction of sp³-hybridized carbons (Fsp3) is 0.800. The Hall–Kier alpha value is -0.900. The summed E-state index contributed by atoms with van der Waals surface area (Å²) in [6.07, 6.45) is -6.30. The number of halogens is 2. The van der Waals surface area contributed by atoms with Crippen LogP contribution >= 0.6 is 15.8 Å². The van der Waals surface area contributed by atoms with Gasteiger partial charge in [-0.25, -0.2) is 9.13 Å². The number of carbonyl (C=O) groups is 2. The van der Waals surface area contributed by atoms with Crippen LogP contribution in [0.2, 0.25) is 0 Å². The van der Waals surface area contributed by atoms with E-state index in [0.717, 1.165) is 13.8 Å². The number of hydrogen-bond donors (Lipinski definition) is 0. The Morgan fingerprint density at radius 3 is 1.46 bits per heavy atom. The summed E-state index contributed by atoms with van der Waals surface area (Å²) in [5.74, 6) is -1.55. The minimum atomic E-state index is -5.12. The highest BCUT2D eigenvalue weighted by Gasteiger charge is 2.58. The average molecular weight is 394 g/mol. The number of ether oxygens (including phenoxy) is 2. The van der Waals surface area contributed by atoms with Gasteiger partial charge in [-0.1, -0.05) is 0 Å². The van der Waals surface area contributed by atoms with Crippen LogP contribution in [0.1, 0.15) is 13.8 Å². The Labute approximate surface area is 135 Å². The van der Waals surface area contributed by atoms with Gasteiger partial charge in [-0.3, -0.25) is 27.7 Å². The highest BCUT2D eigenvalue weighted by atomic mass is 31.2. The van der Waals surface area contributed by atoms with Gasteiger partial charge in [0, 0.05) is 13.8 Å². The van der Waals surface area contributed by atoms with Crippen molar-refractivity contribution in [2.24, 2.45) is 0 Å². The maximum Gasteiger partial charge on any atom is 0.514 e. The molecule has 0 bridgehead atoms. The van der Waals surface area contributed by atoms with Crippen LogP contribution in [-0.4, -0.2) is 49.6 Å². The van der Waals surface area contributed by atoms with Crippen molar-refractivity contribution in [2.75, 3.05) is 13.2 Å². The van der Waals surface area contributed by atoms with Gasteiger partial charge in [0.1, 0.15) is 37.6 Å². The largest absolute Gasteiger partial charge is 0.514 e. The molecular formula is C10H14F2O10P2. The molecule has 2 heterocycles. The SMILES string of the molecule is CC(=O)OCC1OP(=O)(F)OC2C(COC(C)=O)OP(=O)(F)OC12. The van der Waals surface area contributed by atoms with Crippen molar-refractivity contribution in [3.8, 4) is 0 Å². The second kappa shape index (κ2) is 7.15. The zero-order chi connectivity index (χ0) is 18.1. The van der Waals surface area contributed by atoms with Gasteiger partial charge >= 0.3 is 27.8 Å². The predicted molar refractivity (Wildman–Crippen MR) is 70.2 cm³/mol. The van der Waals surface area contributed by atoms with Crippen molar-refractivity contribution < 1.29 is 54.7 Å². The third-order valence-corrected chi connectivity index (χ3v) is 5.01. The van der Waals surface area contributed by atoms with E-state index < -0.39 is 65.4 Å². The van der Waals surface area contributed by atoms with Crippen LogP contribution in [0.25, 0.3) is 0 Å². The van der Waals surface area contributed by atoms with E-state index in [1.165, 1.54) is 0 Å². The molecule has 2 saturated heterocycles. The topological polar surface area (TPSA) is 124 Å². The molecule has 0 radical (unpaired) electrons. The third-order valence-electron chi connectivity index (χ3n) is 2.98. The molecule has 6 atom stereocenters. The molecule has 2 aliphatic heterocycles. The molecule has 0 N–H and O–H groups in total. The number of esters is 2. The van der Waals surface area contributed by atoms with E-state index >= 15 is 0 Å². The molecule has 2 rings (SSSR count). The van der Waals surface area contributed by atoms with Crippen LogP contribution in [0, 0.1) is 0 Å². The number of carbonyl (C=O) groups excluding carboxylic acids is 2. The molecule has 6 unspecified atom stereocenters. The molecule has 24 heavy (non-hydrogen) atoms. The summed E-state index contributed by atoms with van der Waals surface area (Å²) in [6.45, 7) is 0.766. The van der Waals surface area contributed by atoms with E-state index in [0.29, 0.717) is 0 Å². The van der Waals surface area contributed by atoms with Gasteiger partial charge in [0.25, 0.3) is 0 Å². The fourth-order valence-electron chi connectivity index (χ4n) is 2.11. The van der Waals surface area contributed by atoms with Crippen molar-refractivity contribution in [1.29, 1.82) is 0 Å². The van der Waals surface area contributed by atoms with E-state index in [-0.39, 0.29) is 0 Å². The Bertz CT molecular complexity index is 560. The second-order valence-corrected chi connectivity index (χ2v) is 7.46. The first kappa shape index (κ1) is 19.4. The summed E-state index contributed by atoms with van der Waals surface area (Å²) in [4.78, 5) is 21.7. The Morgan fingerprint density at radius 1 is 0.833 bits per heavy atom. The smallest absolute Gasteiger partial charge is 0.463 e. The molecule has 0 amide bonds. The third kappa shape index (κ3) is 5.05. The minimum Gasteiger partial charge on any atom is -0.463 e. The zero-order valence-electron chi connectivity index (χ0n) is 12.5. The van der Waals surface area contributed by atoms with Gasteiger partial charge < -0.3 is 9.47 Å². The standard InChI is InChI=1S/C10H14F2O10P2/c1-5(13)17-3-7-9-10(22-23(11,15)19-7)8(4-18-6(2)14)20-24(12,16)21-9/h7-10H,3-4H2,1-2H3. The van der Waals surface area contributed by atoms with Gasteiger partial charge in [0.15, 0.2) is 0 Å². The summed E-state index contributed by atoms with van der Waals surface area (Å²) in [7, 11) is -10.2. The van der Waals surface area contributed by atoms with Crippen LogP contribution in [-0.2, 0) is 46.3 Å². The first-order valence-electron chi connectivity index (χ1n) is 6.59. The summed E-state index contributed by atoms with van der Waals surface area (Å²) in [5.41, 5.74) is 0. The lowest BCUT2D eigenvalue weighted by Crippen LogP contribution is -2.56. The highest BCUT2D eigenvalue weighted by Crippen LogP contribution is 2.64. The summed E-state index contributed by atoms with van der Waals surface area (Å²) in [5, 5.41) is 0.